The zero-order valence-corrected chi connectivity index (χ0v) is 14.7. The molecule has 1 aliphatic rings. The van der Waals surface area contributed by atoms with Crippen molar-refractivity contribution in [2.45, 2.75) is 12.6 Å². The van der Waals surface area contributed by atoms with Gasteiger partial charge < -0.3 is 13.9 Å². The molecule has 0 radical (unpaired) electrons. The molecule has 0 N–H and O–H groups in total. The molecular formula is C20H21N3O3. The highest BCUT2D eigenvalue weighted by Gasteiger charge is 2.22. The lowest BCUT2D eigenvalue weighted by molar-refractivity contribution is -0.0346. The van der Waals surface area contributed by atoms with Crippen molar-refractivity contribution < 1.29 is 13.9 Å². The van der Waals surface area contributed by atoms with E-state index in [0.29, 0.717) is 24.1 Å². The maximum Gasteiger partial charge on any atom is 0.216 e. The van der Waals surface area contributed by atoms with Crippen LogP contribution in [0.3, 0.4) is 0 Å². The van der Waals surface area contributed by atoms with Gasteiger partial charge in [-0.25, -0.2) is 4.98 Å². The van der Waals surface area contributed by atoms with Crippen LogP contribution in [0.15, 0.2) is 59.1 Å². The van der Waals surface area contributed by atoms with E-state index in [-0.39, 0.29) is 6.10 Å². The van der Waals surface area contributed by atoms with E-state index in [0.717, 1.165) is 25.4 Å². The van der Waals surface area contributed by atoms with Gasteiger partial charge in [-0.05, 0) is 17.7 Å². The van der Waals surface area contributed by atoms with Gasteiger partial charge in [-0.15, -0.1) is 0 Å². The molecule has 0 aliphatic carbocycles. The number of benzene rings is 1. The monoisotopic (exact) mass is 351 g/mol. The van der Waals surface area contributed by atoms with Gasteiger partial charge in [0.15, 0.2) is 11.6 Å². The Bertz CT molecular complexity index is 850. The molecule has 3 heterocycles. The highest BCUT2D eigenvalue weighted by atomic mass is 16.5. The third-order valence-corrected chi connectivity index (χ3v) is 4.42. The number of ether oxygens (including phenoxy) is 2. The Morgan fingerprint density at radius 3 is 2.88 bits per heavy atom. The molecular weight excluding hydrogens is 330 g/mol. The minimum absolute atomic E-state index is 0.0982. The number of nitrogens with zero attached hydrogens (tertiary/aromatic N) is 3. The first-order valence-corrected chi connectivity index (χ1v) is 8.67. The van der Waals surface area contributed by atoms with Crippen molar-refractivity contribution in [2.75, 3.05) is 26.8 Å². The Labute approximate surface area is 152 Å². The number of furan rings is 1. The van der Waals surface area contributed by atoms with Crippen molar-refractivity contribution in [3.8, 4) is 17.5 Å². The number of morpholine rings is 1. The summed E-state index contributed by atoms with van der Waals surface area (Å²) >= 11 is 0. The average molecular weight is 351 g/mol. The van der Waals surface area contributed by atoms with Crippen LogP contribution in [0.2, 0.25) is 0 Å². The van der Waals surface area contributed by atoms with Crippen LogP contribution in [-0.4, -0.2) is 41.7 Å². The molecule has 0 bridgehead atoms. The maximum absolute atomic E-state index is 5.95. The number of rotatable bonds is 5. The van der Waals surface area contributed by atoms with Gasteiger partial charge in [-0.3, -0.25) is 4.90 Å². The van der Waals surface area contributed by atoms with E-state index in [1.54, 1.807) is 19.4 Å². The van der Waals surface area contributed by atoms with E-state index in [9.17, 15) is 0 Å². The Morgan fingerprint density at radius 2 is 2.04 bits per heavy atom. The largest absolute Gasteiger partial charge is 0.481 e. The fourth-order valence-electron chi connectivity index (χ4n) is 3.09. The standard InChI is InChI=1S/C20H21N3O3/c1-24-19-9-10-21-20(22-19)17-8-7-16(26-17)13-23-11-12-25-18(14-23)15-5-3-2-4-6-15/h2-10,18H,11-14H2,1H3. The fourth-order valence-corrected chi connectivity index (χ4v) is 3.09. The van der Waals surface area contributed by atoms with E-state index in [1.807, 2.05) is 30.3 Å². The topological polar surface area (TPSA) is 60.6 Å². The van der Waals surface area contributed by atoms with Crippen LogP contribution >= 0.6 is 0 Å². The van der Waals surface area contributed by atoms with Crippen LogP contribution in [0.5, 0.6) is 5.88 Å². The lowest BCUT2D eigenvalue weighted by Crippen LogP contribution is -2.37. The first-order valence-electron chi connectivity index (χ1n) is 8.67. The molecule has 1 aromatic carbocycles. The molecule has 1 saturated heterocycles. The van der Waals surface area contributed by atoms with Crippen LogP contribution in [0.4, 0.5) is 0 Å². The molecule has 6 nitrogen and oxygen atoms in total. The Hall–Kier alpha value is -2.70. The fraction of sp³-hybridized carbons (Fsp3) is 0.300. The normalized spacial score (nSPS) is 18.0. The van der Waals surface area contributed by atoms with Crippen molar-refractivity contribution in [1.82, 2.24) is 14.9 Å². The smallest absolute Gasteiger partial charge is 0.216 e. The number of hydrogen-bond acceptors (Lipinski definition) is 6. The second-order valence-electron chi connectivity index (χ2n) is 6.19. The third kappa shape index (κ3) is 3.76. The minimum Gasteiger partial charge on any atom is -0.481 e. The zero-order valence-electron chi connectivity index (χ0n) is 14.7. The summed E-state index contributed by atoms with van der Waals surface area (Å²) in [5, 5.41) is 0. The molecule has 26 heavy (non-hydrogen) atoms. The molecule has 3 aromatic rings. The van der Waals surface area contributed by atoms with Gasteiger partial charge in [0, 0.05) is 25.4 Å². The molecule has 6 heteroatoms. The first kappa shape index (κ1) is 16.8. The molecule has 1 atom stereocenters. The summed E-state index contributed by atoms with van der Waals surface area (Å²) in [6, 6.07) is 15.9. The molecule has 1 aliphatic heterocycles. The molecule has 134 valence electrons. The van der Waals surface area contributed by atoms with Crippen molar-refractivity contribution in [1.29, 1.82) is 0 Å². The summed E-state index contributed by atoms with van der Waals surface area (Å²) in [7, 11) is 1.58. The summed E-state index contributed by atoms with van der Waals surface area (Å²) in [5.41, 5.74) is 1.21. The molecule has 4 rings (SSSR count). The molecule has 1 fully saturated rings. The van der Waals surface area contributed by atoms with Crippen molar-refractivity contribution >= 4 is 0 Å². The third-order valence-electron chi connectivity index (χ3n) is 4.42. The SMILES string of the molecule is COc1ccnc(-c2ccc(CN3CCOC(c4ccccc4)C3)o2)n1. The van der Waals surface area contributed by atoms with Gasteiger partial charge in [-0.1, -0.05) is 30.3 Å². The lowest BCUT2D eigenvalue weighted by atomic mass is 10.1. The van der Waals surface area contributed by atoms with E-state index in [2.05, 4.69) is 27.0 Å². The Kier molecular flexibility index (Phi) is 4.95. The van der Waals surface area contributed by atoms with Crippen molar-refractivity contribution in [3.63, 3.8) is 0 Å². The number of hydrogen-bond donors (Lipinski definition) is 0. The molecule has 0 spiro atoms. The van der Waals surface area contributed by atoms with Gasteiger partial charge in [0.2, 0.25) is 5.88 Å². The van der Waals surface area contributed by atoms with Gasteiger partial charge in [-0.2, -0.15) is 4.98 Å². The highest BCUT2D eigenvalue weighted by Crippen LogP contribution is 2.25. The second-order valence-corrected chi connectivity index (χ2v) is 6.19. The van der Waals surface area contributed by atoms with Gasteiger partial charge in [0.05, 0.1) is 26.4 Å². The number of aromatic nitrogens is 2. The van der Waals surface area contributed by atoms with Crippen molar-refractivity contribution in [3.05, 3.63) is 66.1 Å². The Morgan fingerprint density at radius 1 is 1.15 bits per heavy atom. The first-order chi connectivity index (χ1) is 12.8. The van der Waals surface area contributed by atoms with Gasteiger partial charge in [0.1, 0.15) is 5.76 Å². The summed E-state index contributed by atoms with van der Waals surface area (Å²) < 4.78 is 17.0. The zero-order chi connectivity index (χ0) is 17.8. The average Bonchev–Trinajstić information content (AvgIpc) is 3.17. The maximum atomic E-state index is 5.95. The molecule has 1 unspecified atom stereocenters. The predicted octanol–water partition coefficient (Wildman–Crippen LogP) is 3.32. The van der Waals surface area contributed by atoms with E-state index in [4.69, 9.17) is 13.9 Å². The summed E-state index contributed by atoms with van der Waals surface area (Å²) in [4.78, 5) is 10.9. The quantitative estimate of drug-likeness (QED) is 0.703. The number of methoxy groups -OCH3 is 1. The van der Waals surface area contributed by atoms with Crippen molar-refractivity contribution in [2.24, 2.45) is 0 Å². The van der Waals surface area contributed by atoms with Crippen LogP contribution < -0.4 is 4.74 Å². The van der Waals surface area contributed by atoms with Gasteiger partial charge in [0.25, 0.3) is 0 Å². The molecule has 2 aromatic heterocycles. The molecule has 0 amide bonds. The van der Waals surface area contributed by atoms with E-state index in [1.165, 1.54) is 5.56 Å². The summed E-state index contributed by atoms with van der Waals surface area (Å²) in [6.07, 6.45) is 1.76. The van der Waals surface area contributed by atoms with Crippen LogP contribution in [0.25, 0.3) is 11.6 Å². The summed E-state index contributed by atoms with van der Waals surface area (Å²) in [5.74, 6) is 2.58. The highest BCUT2D eigenvalue weighted by molar-refractivity contribution is 5.47. The van der Waals surface area contributed by atoms with E-state index >= 15 is 0 Å². The Balaban J connectivity index is 1.43. The van der Waals surface area contributed by atoms with E-state index < -0.39 is 0 Å². The second kappa shape index (κ2) is 7.68. The van der Waals surface area contributed by atoms with Crippen LogP contribution in [0.1, 0.15) is 17.4 Å². The summed E-state index contributed by atoms with van der Waals surface area (Å²) in [6.45, 7) is 3.17. The minimum atomic E-state index is 0.0982. The predicted molar refractivity (Wildman–Crippen MR) is 96.7 cm³/mol. The van der Waals surface area contributed by atoms with Crippen LogP contribution in [-0.2, 0) is 11.3 Å². The van der Waals surface area contributed by atoms with Crippen LogP contribution in [0, 0.1) is 0 Å². The lowest BCUT2D eigenvalue weighted by Gasteiger charge is -2.32. The van der Waals surface area contributed by atoms with Gasteiger partial charge >= 0.3 is 0 Å². The molecule has 0 saturated carbocycles.